The molecule has 9 nitrogen and oxygen atoms in total. The van der Waals surface area contributed by atoms with Crippen molar-refractivity contribution in [1.82, 2.24) is 35.1 Å². The number of H-pyrrole nitrogens is 2. The standard InChI is InChI=1S/C24H17N7O2/c1-33-16-4-2-3-13(8-16)17-11-26-12-20-21(17)29-24(28-20)23-22-19(30-31-23)6-5-18(27-22)14-7-15(32)10-25-9-14/h2-12,32H,1H3,(H,28,29)(H,30,31). The molecule has 0 amide bonds. The van der Waals surface area contributed by atoms with Gasteiger partial charge in [-0.15, -0.1) is 0 Å². The van der Waals surface area contributed by atoms with E-state index in [9.17, 15) is 5.11 Å². The smallest absolute Gasteiger partial charge is 0.161 e. The van der Waals surface area contributed by atoms with Crippen molar-refractivity contribution in [3.05, 3.63) is 67.3 Å². The highest BCUT2D eigenvalue weighted by molar-refractivity contribution is 5.95. The Hall–Kier alpha value is -4.79. The van der Waals surface area contributed by atoms with Gasteiger partial charge in [-0.1, -0.05) is 12.1 Å². The summed E-state index contributed by atoms with van der Waals surface area (Å²) in [5, 5.41) is 17.2. The molecule has 33 heavy (non-hydrogen) atoms. The van der Waals surface area contributed by atoms with Crippen LogP contribution in [0.15, 0.2) is 67.3 Å². The van der Waals surface area contributed by atoms with Crippen LogP contribution in [0.2, 0.25) is 0 Å². The molecule has 0 aliphatic heterocycles. The molecule has 9 heteroatoms. The summed E-state index contributed by atoms with van der Waals surface area (Å²) in [6.45, 7) is 0. The Morgan fingerprint density at radius 2 is 1.76 bits per heavy atom. The molecule has 0 atom stereocenters. The summed E-state index contributed by atoms with van der Waals surface area (Å²) < 4.78 is 5.36. The van der Waals surface area contributed by atoms with Gasteiger partial charge in [0.15, 0.2) is 11.5 Å². The van der Waals surface area contributed by atoms with Gasteiger partial charge in [0.1, 0.15) is 17.0 Å². The fourth-order valence-electron chi connectivity index (χ4n) is 3.84. The maximum Gasteiger partial charge on any atom is 0.161 e. The number of benzene rings is 1. The van der Waals surface area contributed by atoms with Gasteiger partial charge >= 0.3 is 0 Å². The van der Waals surface area contributed by atoms with Crippen LogP contribution in [0.5, 0.6) is 11.5 Å². The molecule has 0 saturated carbocycles. The van der Waals surface area contributed by atoms with Crippen LogP contribution in [0, 0.1) is 0 Å². The van der Waals surface area contributed by atoms with E-state index in [0.717, 1.165) is 33.4 Å². The third-order valence-electron chi connectivity index (χ3n) is 5.43. The number of nitrogens with one attached hydrogen (secondary N) is 2. The lowest BCUT2D eigenvalue weighted by Crippen LogP contribution is -1.88. The first-order valence-electron chi connectivity index (χ1n) is 10.2. The molecule has 0 saturated heterocycles. The van der Waals surface area contributed by atoms with Crippen LogP contribution in [0.25, 0.3) is 56.0 Å². The quantitative estimate of drug-likeness (QED) is 0.376. The number of methoxy groups -OCH3 is 1. The molecular weight excluding hydrogens is 418 g/mol. The normalized spacial score (nSPS) is 11.3. The second kappa shape index (κ2) is 7.41. The number of imidazole rings is 1. The molecule has 6 aromatic rings. The molecule has 0 radical (unpaired) electrons. The molecule has 0 bridgehead atoms. The first kappa shape index (κ1) is 18.9. The van der Waals surface area contributed by atoms with Crippen molar-refractivity contribution < 1.29 is 9.84 Å². The zero-order valence-corrected chi connectivity index (χ0v) is 17.4. The molecule has 5 aromatic heterocycles. The van der Waals surface area contributed by atoms with E-state index in [1.54, 1.807) is 31.8 Å². The van der Waals surface area contributed by atoms with Gasteiger partial charge < -0.3 is 14.8 Å². The number of nitrogens with zero attached hydrogens (tertiary/aromatic N) is 5. The number of aromatic amines is 2. The van der Waals surface area contributed by atoms with E-state index in [-0.39, 0.29) is 5.75 Å². The highest BCUT2D eigenvalue weighted by atomic mass is 16.5. The van der Waals surface area contributed by atoms with Gasteiger partial charge in [-0.2, -0.15) is 5.10 Å². The topological polar surface area (TPSA) is 125 Å². The molecule has 160 valence electrons. The first-order chi connectivity index (χ1) is 16.2. The lowest BCUT2D eigenvalue weighted by molar-refractivity contribution is 0.415. The molecule has 0 unspecified atom stereocenters. The van der Waals surface area contributed by atoms with Crippen LogP contribution >= 0.6 is 0 Å². The zero-order chi connectivity index (χ0) is 22.4. The summed E-state index contributed by atoms with van der Waals surface area (Å²) in [7, 11) is 1.64. The van der Waals surface area contributed by atoms with Gasteiger partial charge in [-0.05, 0) is 35.9 Å². The summed E-state index contributed by atoms with van der Waals surface area (Å²) in [4.78, 5) is 21.3. The predicted molar refractivity (Wildman–Crippen MR) is 124 cm³/mol. The predicted octanol–water partition coefficient (Wildman–Crippen LogP) is 4.34. The van der Waals surface area contributed by atoms with E-state index in [1.807, 2.05) is 36.4 Å². The highest BCUT2D eigenvalue weighted by Gasteiger charge is 2.17. The summed E-state index contributed by atoms with van der Waals surface area (Å²) in [6.07, 6.45) is 6.56. The Morgan fingerprint density at radius 1 is 0.848 bits per heavy atom. The maximum absolute atomic E-state index is 9.78. The lowest BCUT2D eigenvalue weighted by atomic mass is 10.1. The van der Waals surface area contributed by atoms with Gasteiger partial charge in [0.2, 0.25) is 0 Å². The number of aromatic hydroxyl groups is 1. The van der Waals surface area contributed by atoms with Crippen molar-refractivity contribution in [2.24, 2.45) is 0 Å². The minimum Gasteiger partial charge on any atom is -0.506 e. The molecule has 3 N–H and O–H groups in total. The Bertz CT molecular complexity index is 1640. The van der Waals surface area contributed by atoms with E-state index >= 15 is 0 Å². The van der Waals surface area contributed by atoms with Crippen LogP contribution in [0.1, 0.15) is 0 Å². The number of aromatic nitrogens is 7. The van der Waals surface area contributed by atoms with Crippen molar-refractivity contribution >= 4 is 22.1 Å². The maximum atomic E-state index is 9.78. The monoisotopic (exact) mass is 435 g/mol. The van der Waals surface area contributed by atoms with Gasteiger partial charge in [0, 0.05) is 23.5 Å². The molecule has 5 heterocycles. The third-order valence-corrected chi connectivity index (χ3v) is 5.43. The minimum absolute atomic E-state index is 0.0803. The van der Waals surface area contributed by atoms with Crippen molar-refractivity contribution in [3.8, 4) is 45.4 Å². The molecule has 0 fully saturated rings. The average Bonchev–Trinajstić information content (AvgIpc) is 3.47. The average molecular weight is 435 g/mol. The van der Waals surface area contributed by atoms with Crippen LogP contribution in [-0.4, -0.2) is 47.3 Å². The lowest BCUT2D eigenvalue weighted by Gasteiger charge is -2.04. The fourth-order valence-corrected chi connectivity index (χ4v) is 3.84. The number of rotatable bonds is 4. The number of fused-ring (bicyclic) bond motifs is 2. The molecule has 0 aliphatic carbocycles. The molecular formula is C24H17N7O2. The van der Waals surface area contributed by atoms with Crippen molar-refractivity contribution in [2.45, 2.75) is 0 Å². The summed E-state index contributed by atoms with van der Waals surface area (Å²) in [5.41, 5.74) is 6.79. The minimum atomic E-state index is 0.0803. The molecule has 1 aromatic carbocycles. The first-order valence-corrected chi connectivity index (χ1v) is 10.2. The van der Waals surface area contributed by atoms with Crippen LogP contribution in [0.4, 0.5) is 0 Å². The van der Waals surface area contributed by atoms with E-state index < -0.39 is 0 Å². The largest absolute Gasteiger partial charge is 0.506 e. The van der Waals surface area contributed by atoms with E-state index in [1.165, 1.54) is 6.20 Å². The van der Waals surface area contributed by atoms with Crippen molar-refractivity contribution in [3.63, 3.8) is 0 Å². The third kappa shape index (κ3) is 3.23. The van der Waals surface area contributed by atoms with Crippen LogP contribution in [-0.2, 0) is 0 Å². The molecule has 0 aliphatic rings. The molecule has 6 rings (SSSR count). The second-order valence-corrected chi connectivity index (χ2v) is 7.50. The zero-order valence-electron chi connectivity index (χ0n) is 17.4. The van der Waals surface area contributed by atoms with Gasteiger partial charge in [0.05, 0.1) is 41.7 Å². The SMILES string of the molecule is COc1cccc(-c2cncc3[nH]c(-c4n[nH]c5ccc(-c6cncc(O)c6)nc45)nc23)c1. The van der Waals surface area contributed by atoms with E-state index in [2.05, 4.69) is 25.1 Å². The second-order valence-electron chi connectivity index (χ2n) is 7.50. The van der Waals surface area contributed by atoms with Crippen molar-refractivity contribution in [1.29, 1.82) is 0 Å². The number of hydrogen-bond donors (Lipinski definition) is 3. The Labute approximate surface area is 187 Å². The van der Waals surface area contributed by atoms with E-state index in [4.69, 9.17) is 14.7 Å². The number of hydrogen-bond acceptors (Lipinski definition) is 7. The molecule has 0 spiro atoms. The summed E-state index contributed by atoms with van der Waals surface area (Å²) >= 11 is 0. The van der Waals surface area contributed by atoms with Gasteiger partial charge in [-0.25, -0.2) is 9.97 Å². The van der Waals surface area contributed by atoms with Crippen LogP contribution < -0.4 is 4.74 Å². The van der Waals surface area contributed by atoms with Crippen molar-refractivity contribution in [2.75, 3.05) is 7.11 Å². The Morgan fingerprint density at radius 3 is 2.64 bits per heavy atom. The van der Waals surface area contributed by atoms with Gasteiger partial charge in [-0.3, -0.25) is 15.1 Å². The summed E-state index contributed by atoms with van der Waals surface area (Å²) in [5.74, 6) is 1.42. The fraction of sp³-hybridized carbons (Fsp3) is 0.0417. The van der Waals surface area contributed by atoms with E-state index in [0.29, 0.717) is 28.3 Å². The summed E-state index contributed by atoms with van der Waals surface area (Å²) in [6, 6.07) is 13.1. The highest BCUT2D eigenvalue weighted by Crippen LogP contribution is 2.32. The Kier molecular flexibility index (Phi) is 4.25. The number of pyridine rings is 3. The Balaban J connectivity index is 1.49. The number of ether oxygens (including phenoxy) is 1. The van der Waals surface area contributed by atoms with Gasteiger partial charge in [0.25, 0.3) is 0 Å². The van der Waals surface area contributed by atoms with Crippen LogP contribution in [0.3, 0.4) is 0 Å².